The molecule has 3 fully saturated rings. The maximum atomic E-state index is 12.5. The standard InChI is InChI=1S/C15H23NO4/c17-14(7-12-8-15(18)20-9-12)16-4-5-19-10-13(16)6-11-2-1-3-11/h11-13H,1-10H2/t12-,13+/m1/s1. The molecule has 5 heteroatoms. The average molecular weight is 281 g/mol. The molecule has 2 atom stereocenters. The fraction of sp³-hybridized carbons (Fsp3) is 0.867. The molecule has 2 heterocycles. The lowest BCUT2D eigenvalue weighted by Gasteiger charge is -2.39. The minimum atomic E-state index is -0.171. The highest BCUT2D eigenvalue weighted by atomic mass is 16.5. The van der Waals surface area contributed by atoms with Crippen LogP contribution in [0.3, 0.4) is 0 Å². The molecule has 3 aliphatic rings. The topological polar surface area (TPSA) is 55.8 Å². The molecule has 2 saturated heterocycles. The highest BCUT2D eigenvalue weighted by molar-refractivity contribution is 5.79. The second-order valence-electron chi connectivity index (χ2n) is 6.31. The van der Waals surface area contributed by atoms with Gasteiger partial charge in [-0.15, -0.1) is 0 Å². The van der Waals surface area contributed by atoms with E-state index in [9.17, 15) is 9.59 Å². The first-order valence-corrected chi connectivity index (χ1v) is 7.75. The van der Waals surface area contributed by atoms with E-state index in [4.69, 9.17) is 9.47 Å². The van der Waals surface area contributed by atoms with Crippen LogP contribution in [0.25, 0.3) is 0 Å². The SMILES string of the molecule is O=C1C[C@@H](CC(=O)N2CCOC[C@@H]2CC2CCC2)CO1. The lowest BCUT2D eigenvalue weighted by Crippen LogP contribution is -2.50. The molecular formula is C15H23NO4. The van der Waals surface area contributed by atoms with Crippen molar-refractivity contribution in [1.29, 1.82) is 0 Å². The van der Waals surface area contributed by atoms with Gasteiger partial charge in [-0.2, -0.15) is 0 Å². The van der Waals surface area contributed by atoms with Crippen LogP contribution in [0.2, 0.25) is 0 Å². The van der Waals surface area contributed by atoms with Gasteiger partial charge in [0, 0.05) is 18.9 Å². The predicted molar refractivity (Wildman–Crippen MR) is 72.0 cm³/mol. The van der Waals surface area contributed by atoms with Crippen molar-refractivity contribution >= 4 is 11.9 Å². The highest BCUT2D eigenvalue weighted by Crippen LogP contribution is 2.32. The molecule has 0 N–H and O–H groups in total. The van der Waals surface area contributed by atoms with Gasteiger partial charge in [-0.1, -0.05) is 19.3 Å². The Balaban J connectivity index is 1.54. The quantitative estimate of drug-likeness (QED) is 0.730. The van der Waals surface area contributed by atoms with Crippen LogP contribution in [-0.4, -0.2) is 49.2 Å². The van der Waals surface area contributed by atoms with Crippen molar-refractivity contribution in [2.24, 2.45) is 11.8 Å². The van der Waals surface area contributed by atoms with Gasteiger partial charge in [-0.05, 0) is 12.3 Å². The normalized spacial score (nSPS) is 31.0. The Bertz CT molecular complexity index is 380. The van der Waals surface area contributed by atoms with Crippen LogP contribution < -0.4 is 0 Å². The maximum Gasteiger partial charge on any atom is 0.306 e. The summed E-state index contributed by atoms with van der Waals surface area (Å²) in [5, 5.41) is 0. The number of morpholine rings is 1. The van der Waals surface area contributed by atoms with Crippen molar-refractivity contribution in [3.8, 4) is 0 Å². The number of rotatable bonds is 4. The molecule has 3 rings (SSSR count). The summed E-state index contributed by atoms with van der Waals surface area (Å²) in [5.74, 6) is 0.840. The van der Waals surface area contributed by atoms with Gasteiger partial charge in [0.2, 0.25) is 5.91 Å². The van der Waals surface area contributed by atoms with E-state index < -0.39 is 0 Å². The zero-order valence-corrected chi connectivity index (χ0v) is 11.9. The summed E-state index contributed by atoms with van der Waals surface area (Å²) in [5.41, 5.74) is 0. The molecule has 0 bridgehead atoms. The average Bonchev–Trinajstić information content (AvgIpc) is 2.80. The van der Waals surface area contributed by atoms with Gasteiger partial charge in [0.15, 0.2) is 0 Å². The number of esters is 1. The Morgan fingerprint density at radius 2 is 2.10 bits per heavy atom. The minimum Gasteiger partial charge on any atom is -0.465 e. The van der Waals surface area contributed by atoms with E-state index in [1.807, 2.05) is 4.90 Å². The molecule has 1 saturated carbocycles. The molecule has 0 unspecified atom stereocenters. The van der Waals surface area contributed by atoms with Crippen LogP contribution in [0.15, 0.2) is 0 Å². The Kier molecular flexibility index (Phi) is 4.24. The summed E-state index contributed by atoms with van der Waals surface area (Å²) in [6.07, 6.45) is 5.82. The van der Waals surface area contributed by atoms with Crippen molar-refractivity contribution in [2.75, 3.05) is 26.4 Å². The first-order valence-electron chi connectivity index (χ1n) is 7.75. The van der Waals surface area contributed by atoms with Crippen LogP contribution in [0.4, 0.5) is 0 Å². The van der Waals surface area contributed by atoms with Crippen molar-refractivity contribution in [3.63, 3.8) is 0 Å². The van der Waals surface area contributed by atoms with Gasteiger partial charge < -0.3 is 14.4 Å². The van der Waals surface area contributed by atoms with Gasteiger partial charge in [-0.3, -0.25) is 9.59 Å². The molecule has 20 heavy (non-hydrogen) atoms. The van der Waals surface area contributed by atoms with Crippen molar-refractivity contribution in [3.05, 3.63) is 0 Å². The second-order valence-corrected chi connectivity index (χ2v) is 6.31. The number of carbonyl (C=O) groups is 2. The lowest BCUT2D eigenvalue weighted by atomic mass is 9.80. The highest BCUT2D eigenvalue weighted by Gasteiger charge is 2.34. The third kappa shape index (κ3) is 3.14. The number of nitrogens with zero attached hydrogens (tertiary/aromatic N) is 1. The number of ether oxygens (including phenoxy) is 2. The molecular weight excluding hydrogens is 258 g/mol. The van der Waals surface area contributed by atoms with Gasteiger partial charge in [0.05, 0.1) is 32.3 Å². The summed E-state index contributed by atoms with van der Waals surface area (Å²) < 4.78 is 10.5. The van der Waals surface area contributed by atoms with Crippen molar-refractivity contribution < 1.29 is 19.1 Å². The fourth-order valence-corrected chi connectivity index (χ4v) is 3.35. The molecule has 0 spiro atoms. The summed E-state index contributed by atoms with van der Waals surface area (Å²) in [7, 11) is 0. The van der Waals surface area contributed by atoms with Gasteiger partial charge in [0.25, 0.3) is 0 Å². The summed E-state index contributed by atoms with van der Waals surface area (Å²) in [6, 6.07) is 0.236. The van der Waals surface area contributed by atoms with Crippen LogP contribution >= 0.6 is 0 Å². The van der Waals surface area contributed by atoms with E-state index in [0.717, 1.165) is 12.3 Å². The van der Waals surface area contributed by atoms with Crippen LogP contribution in [-0.2, 0) is 19.1 Å². The van der Waals surface area contributed by atoms with Crippen LogP contribution in [0.5, 0.6) is 0 Å². The predicted octanol–water partition coefficient (Wildman–Crippen LogP) is 1.36. The Morgan fingerprint density at radius 1 is 1.25 bits per heavy atom. The molecule has 5 nitrogen and oxygen atoms in total. The van der Waals surface area contributed by atoms with Gasteiger partial charge in [0.1, 0.15) is 0 Å². The van der Waals surface area contributed by atoms with E-state index >= 15 is 0 Å². The minimum absolute atomic E-state index is 0.0715. The van der Waals surface area contributed by atoms with Gasteiger partial charge in [-0.25, -0.2) is 0 Å². The van der Waals surface area contributed by atoms with E-state index in [2.05, 4.69) is 0 Å². The zero-order valence-electron chi connectivity index (χ0n) is 11.9. The number of hydrogen-bond acceptors (Lipinski definition) is 4. The van der Waals surface area contributed by atoms with E-state index in [1.54, 1.807) is 0 Å². The maximum absolute atomic E-state index is 12.5. The molecule has 0 aromatic heterocycles. The van der Waals surface area contributed by atoms with E-state index in [-0.39, 0.29) is 23.8 Å². The monoisotopic (exact) mass is 281 g/mol. The van der Waals surface area contributed by atoms with E-state index in [0.29, 0.717) is 39.2 Å². The Hall–Kier alpha value is -1.10. The summed E-state index contributed by atoms with van der Waals surface area (Å²) >= 11 is 0. The summed E-state index contributed by atoms with van der Waals surface area (Å²) in [4.78, 5) is 25.6. The lowest BCUT2D eigenvalue weighted by molar-refractivity contribution is -0.142. The van der Waals surface area contributed by atoms with Gasteiger partial charge >= 0.3 is 5.97 Å². The molecule has 112 valence electrons. The second kappa shape index (κ2) is 6.12. The van der Waals surface area contributed by atoms with Crippen molar-refractivity contribution in [1.82, 2.24) is 4.90 Å². The summed E-state index contributed by atoms with van der Waals surface area (Å²) in [6.45, 7) is 2.40. The molecule has 0 aromatic rings. The molecule has 1 aliphatic carbocycles. The van der Waals surface area contributed by atoms with Crippen molar-refractivity contribution in [2.45, 2.75) is 44.6 Å². The fourth-order valence-electron chi connectivity index (χ4n) is 3.35. The molecule has 0 radical (unpaired) electrons. The molecule has 0 aromatic carbocycles. The number of amides is 1. The van der Waals surface area contributed by atoms with Crippen LogP contribution in [0.1, 0.15) is 38.5 Å². The number of carbonyl (C=O) groups excluding carboxylic acids is 2. The third-order valence-electron chi connectivity index (χ3n) is 4.78. The number of cyclic esters (lactones) is 1. The first kappa shape index (κ1) is 13.9. The molecule has 1 amide bonds. The smallest absolute Gasteiger partial charge is 0.306 e. The molecule has 2 aliphatic heterocycles. The Morgan fingerprint density at radius 3 is 2.75 bits per heavy atom. The van der Waals surface area contributed by atoms with E-state index in [1.165, 1.54) is 19.3 Å². The van der Waals surface area contributed by atoms with Crippen LogP contribution in [0, 0.1) is 11.8 Å². The Labute approximate surface area is 119 Å². The first-order chi connectivity index (χ1) is 9.72. The zero-order chi connectivity index (χ0) is 13.9. The largest absolute Gasteiger partial charge is 0.465 e. The third-order valence-corrected chi connectivity index (χ3v) is 4.78. The number of hydrogen-bond donors (Lipinski definition) is 0.